The number of nitrogens with zero attached hydrogens (tertiary/aromatic N) is 1. The lowest BCUT2D eigenvalue weighted by Crippen LogP contribution is -2.21. The molecule has 1 atom stereocenters. The molecule has 0 unspecified atom stereocenters. The molecule has 0 aromatic carbocycles. The number of aliphatic carboxylic acids is 1. The topological polar surface area (TPSA) is 49.7 Å². The van der Waals surface area contributed by atoms with Gasteiger partial charge in [-0.05, 0) is 19.8 Å². The molecular formula is C7H11NO2. The number of carboxylic acid groups (broad SMARTS) is 1. The lowest BCUT2D eigenvalue weighted by molar-refractivity contribution is -0.141. The maximum absolute atomic E-state index is 10.4. The standard InChI is InChI=1S/C7H11NO2/c1-5-2-3-6(4-8-5)7(9)10/h6H,2-4H2,1H3,(H,9,10)/t6-/m1/s1. The molecule has 1 aliphatic heterocycles. The Kier molecular flexibility index (Phi) is 2.04. The Hall–Kier alpha value is -0.860. The lowest BCUT2D eigenvalue weighted by atomic mass is 9.99. The van der Waals surface area contributed by atoms with Crippen molar-refractivity contribution < 1.29 is 9.90 Å². The molecule has 1 aliphatic rings. The van der Waals surface area contributed by atoms with E-state index < -0.39 is 5.97 Å². The normalized spacial score (nSPS) is 25.7. The van der Waals surface area contributed by atoms with Gasteiger partial charge in [0.25, 0.3) is 0 Å². The number of hydrogen-bond acceptors (Lipinski definition) is 2. The molecule has 0 aromatic heterocycles. The smallest absolute Gasteiger partial charge is 0.308 e. The van der Waals surface area contributed by atoms with E-state index in [0.29, 0.717) is 6.54 Å². The molecule has 3 heteroatoms. The van der Waals surface area contributed by atoms with E-state index in [1.54, 1.807) is 0 Å². The fourth-order valence-corrected chi connectivity index (χ4v) is 1.02. The maximum Gasteiger partial charge on any atom is 0.308 e. The highest BCUT2D eigenvalue weighted by Gasteiger charge is 2.19. The Morgan fingerprint density at radius 2 is 2.50 bits per heavy atom. The summed E-state index contributed by atoms with van der Waals surface area (Å²) in [5.74, 6) is -0.944. The molecule has 0 radical (unpaired) electrons. The van der Waals surface area contributed by atoms with Gasteiger partial charge >= 0.3 is 5.97 Å². The van der Waals surface area contributed by atoms with E-state index in [0.717, 1.165) is 18.6 Å². The predicted octanol–water partition coefficient (Wildman–Crippen LogP) is 0.942. The predicted molar refractivity (Wildman–Crippen MR) is 38.3 cm³/mol. The zero-order valence-corrected chi connectivity index (χ0v) is 6.00. The van der Waals surface area contributed by atoms with Crippen LogP contribution in [0.1, 0.15) is 19.8 Å². The molecule has 0 aromatic rings. The van der Waals surface area contributed by atoms with Gasteiger partial charge in [-0.1, -0.05) is 0 Å². The summed E-state index contributed by atoms with van der Waals surface area (Å²) in [5.41, 5.74) is 1.08. The van der Waals surface area contributed by atoms with E-state index in [1.807, 2.05) is 6.92 Å². The SMILES string of the molecule is CC1=NC[C@H](C(=O)O)CC1. The third-order valence-corrected chi connectivity index (χ3v) is 1.79. The van der Waals surface area contributed by atoms with Crippen molar-refractivity contribution in [2.24, 2.45) is 10.9 Å². The molecule has 0 saturated carbocycles. The van der Waals surface area contributed by atoms with Crippen LogP contribution in [0.15, 0.2) is 4.99 Å². The van der Waals surface area contributed by atoms with Crippen molar-refractivity contribution in [1.29, 1.82) is 0 Å². The molecule has 0 bridgehead atoms. The highest BCUT2D eigenvalue weighted by Crippen LogP contribution is 2.13. The molecule has 1 N–H and O–H groups in total. The van der Waals surface area contributed by atoms with Crippen molar-refractivity contribution >= 4 is 11.7 Å². The number of aliphatic imine (C=N–C) groups is 1. The van der Waals surface area contributed by atoms with Gasteiger partial charge in [-0.3, -0.25) is 9.79 Å². The first-order valence-electron chi connectivity index (χ1n) is 3.43. The monoisotopic (exact) mass is 141 g/mol. The van der Waals surface area contributed by atoms with Crippen molar-refractivity contribution in [3.8, 4) is 0 Å². The van der Waals surface area contributed by atoms with Crippen LogP contribution in [0.5, 0.6) is 0 Å². The number of hydrogen-bond donors (Lipinski definition) is 1. The summed E-state index contributed by atoms with van der Waals surface area (Å²) < 4.78 is 0. The Morgan fingerprint density at radius 1 is 1.80 bits per heavy atom. The van der Waals surface area contributed by atoms with Gasteiger partial charge in [0.15, 0.2) is 0 Å². The first-order chi connectivity index (χ1) is 4.70. The summed E-state index contributed by atoms with van der Waals surface area (Å²) >= 11 is 0. The zero-order chi connectivity index (χ0) is 7.56. The minimum absolute atomic E-state index is 0.233. The van der Waals surface area contributed by atoms with Crippen molar-refractivity contribution in [3.63, 3.8) is 0 Å². The molecule has 0 saturated heterocycles. The summed E-state index contributed by atoms with van der Waals surface area (Å²) in [5, 5.41) is 8.56. The fourth-order valence-electron chi connectivity index (χ4n) is 1.02. The largest absolute Gasteiger partial charge is 0.481 e. The van der Waals surface area contributed by atoms with Gasteiger partial charge in [0, 0.05) is 5.71 Å². The average Bonchev–Trinajstić information content (AvgIpc) is 1.88. The van der Waals surface area contributed by atoms with Gasteiger partial charge in [0.1, 0.15) is 0 Å². The quantitative estimate of drug-likeness (QED) is 0.590. The van der Waals surface area contributed by atoms with Crippen LogP contribution < -0.4 is 0 Å². The summed E-state index contributed by atoms with van der Waals surface area (Å²) in [4.78, 5) is 14.5. The average molecular weight is 141 g/mol. The van der Waals surface area contributed by atoms with Crippen molar-refractivity contribution in [1.82, 2.24) is 0 Å². The Morgan fingerprint density at radius 3 is 2.90 bits per heavy atom. The third kappa shape index (κ3) is 1.56. The van der Waals surface area contributed by atoms with E-state index >= 15 is 0 Å². The highest BCUT2D eigenvalue weighted by atomic mass is 16.4. The minimum atomic E-state index is -0.712. The molecule has 0 fully saturated rings. The number of rotatable bonds is 1. The van der Waals surface area contributed by atoms with Crippen molar-refractivity contribution in [2.45, 2.75) is 19.8 Å². The summed E-state index contributed by atoms with van der Waals surface area (Å²) in [6.45, 7) is 2.42. The molecule has 1 rings (SSSR count). The second-order valence-electron chi connectivity index (χ2n) is 2.65. The fraction of sp³-hybridized carbons (Fsp3) is 0.714. The van der Waals surface area contributed by atoms with Crippen LogP contribution in [0.3, 0.4) is 0 Å². The van der Waals surface area contributed by atoms with Crippen LogP contribution in [0.4, 0.5) is 0 Å². The van der Waals surface area contributed by atoms with E-state index in [-0.39, 0.29) is 5.92 Å². The summed E-state index contributed by atoms with van der Waals surface area (Å²) in [6, 6.07) is 0. The van der Waals surface area contributed by atoms with Crippen LogP contribution in [0, 0.1) is 5.92 Å². The molecule has 3 nitrogen and oxygen atoms in total. The highest BCUT2D eigenvalue weighted by molar-refractivity contribution is 5.84. The molecule has 1 heterocycles. The Labute approximate surface area is 59.8 Å². The second-order valence-corrected chi connectivity index (χ2v) is 2.65. The van der Waals surface area contributed by atoms with Crippen LogP contribution in [0.2, 0.25) is 0 Å². The molecule has 0 aliphatic carbocycles. The lowest BCUT2D eigenvalue weighted by Gasteiger charge is -2.14. The molecule has 10 heavy (non-hydrogen) atoms. The molecule has 0 spiro atoms. The van der Waals surface area contributed by atoms with E-state index in [9.17, 15) is 4.79 Å². The van der Waals surface area contributed by atoms with Crippen LogP contribution in [0.25, 0.3) is 0 Å². The van der Waals surface area contributed by atoms with Gasteiger partial charge in [-0.25, -0.2) is 0 Å². The van der Waals surface area contributed by atoms with Crippen LogP contribution in [-0.4, -0.2) is 23.3 Å². The number of carbonyl (C=O) groups is 1. The van der Waals surface area contributed by atoms with Gasteiger partial charge in [-0.2, -0.15) is 0 Å². The summed E-state index contributed by atoms with van der Waals surface area (Å²) in [6.07, 6.45) is 1.60. The van der Waals surface area contributed by atoms with Crippen LogP contribution >= 0.6 is 0 Å². The van der Waals surface area contributed by atoms with Crippen molar-refractivity contribution in [2.75, 3.05) is 6.54 Å². The molecule has 56 valence electrons. The van der Waals surface area contributed by atoms with Gasteiger partial charge in [0.05, 0.1) is 12.5 Å². The second kappa shape index (κ2) is 2.82. The molecule has 0 amide bonds. The zero-order valence-electron chi connectivity index (χ0n) is 6.00. The van der Waals surface area contributed by atoms with Gasteiger partial charge < -0.3 is 5.11 Å². The van der Waals surface area contributed by atoms with Crippen LogP contribution in [-0.2, 0) is 4.79 Å². The van der Waals surface area contributed by atoms with E-state index in [2.05, 4.69) is 4.99 Å². The first kappa shape index (κ1) is 7.25. The maximum atomic E-state index is 10.4. The van der Waals surface area contributed by atoms with Gasteiger partial charge in [-0.15, -0.1) is 0 Å². The number of carboxylic acids is 1. The Bertz CT molecular complexity index is 174. The first-order valence-corrected chi connectivity index (χ1v) is 3.43. The van der Waals surface area contributed by atoms with Gasteiger partial charge in [0.2, 0.25) is 0 Å². The van der Waals surface area contributed by atoms with E-state index in [4.69, 9.17) is 5.11 Å². The molecular weight excluding hydrogens is 130 g/mol. The Balaban J connectivity index is 2.50. The third-order valence-electron chi connectivity index (χ3n) is 1.79. The van der Waals surface area contributed by atoms with Crippen molar-refractivity contribution in [3.05, 3.63) is 0 Å². The summed E-state index contributed by atoms with van der Waals surface area (Å²) in [7, 11) is 0. The minimum Gasteiger partial charge on any atom is -0.481 e. The van der Waals surface area contributed by atoms with E-state index in [1.165, 1.54) is 0 Å².